The van der Waals surface area contributed by atoms with Crippen LogP contribution in [0.15, 0.2) is 115 Å². The summed E-state index contributed by atoms with van der Waals surface area (Å²) >= 11 is 0. The van der Waals surface area contributed by atoms with Crippen molar-refractivity contribution in [2.24, 2.45) is 0 Å². The highest BCUT2D eigenvalue weighted by molar-refractivity contribution is 5.97. The highest BCUT2D eigenvalue weighted by atomic mass is 16.5. The fraction of sp³-hybridized carbons (Fsp3) is 0.269. The van der Waals surface area contributed by atoms with E-state index in [9.17, 15) is 0 Å². The number of hydrogen-bond donors (Lipinski definition) is 0. The van der Waals surface area contributed by atoms with Gasteiger partial charge in [0.05, 0.1) is 11.4 Å². The van der Waals surface area contributed by atoms with E-state index in [1.165, 1.54) is 82.9 Å². The number of ether oxygens (including phenoxy) is 1. The first kappa shape index (κ1) is 35.7. The fourth-order valence-corrected chi connectivity index (χ4v) is 8.60. The van der Waals surface area contributed by atoms with Crippen molar-refractivity contribution in [3.05, 3.63) is 149 Å². The number of nitrogens with zero attached hydrogens (tertiary/aromatic N) is 1. The van der Waals surface area contributed by atoms with Gasteiger partial charge in [-0.2, -0.15) is 0 Å². The number of anilines is 3. The maximum absolute atomic E-state index is 7.11. The Morgan fingerprint density at radius 1 is 0.389 bits per heavy atom. The first-order chi connectivity index (χ1) is 25.9. The largest absolute Gasteiger partial charge is 0.453 e. The van der Waals surface area contributed by atoms with Crippen molar-refractivity contribution in [2.45, 2.75) is 92.9 Å². The minimum atomic E-state index is 0.298. The summed E-state index contributed by atoms with van der Waals surface area (Å²) in [6.07, 6.45) is 0. The minimum Gasteiger partial charge on any atom is -0.453 e. The molecule has 1 aliphatic heterocycles. The van der Waals surface area contributed by atoms with Crippen molar-refractivity contribution in [3.8, 4) is 33.8 Å². The maximum Gasteiger partial charge on any atom is 0.151 e. The first-order valence-corrected chi connectivity index (χ1v) is 19.9. The lowest BCUT2D eigenvalue weighted by Crippen LogP contribution is -2.18. The van der Waals surface area contributed by atoms with Gasteiger partial charge >= 0.3 is 0 Å². The maximum atomic E-state index is 7.11. The van der Waals surface area contributed by atoms with Gasteiger partial charge in [0.2, 0.25) is 0 Å². The van der Waals surface area contributed by atoms with E-state index in [1.54, 1.807) is 0 Å². The van der Waals surface area contributed by atoms with Gasteiger partial charge in [0.25, 0.3) is 0 Å². The van der Waals surface area contributed by atoms with E-state index < -0.39 is 0 Å². The van der Waals surface area contributed by atoms with Crippen LogP contribution in [-0.4, -0.2) is 0 Å². The zero-order chi connectivity index (χ0) is 38.0. The summed E-state index contributed by atoms with van der Waals surface area (Å²) in [7, 11) is 0. The second-order valence-electron chi connectivity index (χ2n) is 16.7. The Morgan fingerprint density at radius 2 is 0.759 bits per heavy atom. The third-order valence-corrected chi connectivity index (χ3v) is 11.5. The van der Waals surface area contributed by atoms with Crippen LogP contribution in [0.2, 0.25) is 0 Å². The predicted molar refractivity (Wildman–Crippen MR) is 233 cm³/mol. The molecule has 0 unspecified atom stereocenters. The number of benzene rings is 7. The van der Waals surface area contributed by atoms with Crippen LogP contribution >= 0.6 is 0 Å². The van der Waals surface area contributed by atoms with Gasteiger partial charge in [-0.15, -0.1) is 0 Å². The number of aryl methyl sites for hydroxylation is 2. The molecule has 0 bridgehead atoms. The van der Waals surface area contributed by atoms with Crippen LogP contribution in [0.4, 0.5) is 17.1 Å². The normalized spacial score (nSPS) is 12.7. The lowest BCUT2D eigenvalue weighted by atomic mass is 9.84. The molecule has 0 aromatic heterocycles. The number of fused-ring (bicyclic) bond motifs is 4. The van der Waals surface area contributed by atoms with Crippen molar-refractivity contribution in [1.82, 2.24) is 0 Å². The van der Waals surface area contributed by atoms with Crippen molar-refractivity contribution < 1.29 is 4.74 Å². The highest BCUT2D eigenvalue weighted by Gasteiger charge is 2.32. The molecule has 0 aliphatic carbocycles. The van der Waals surface area contributed by atoms with Crippen LogP contribution in [0.25, 0.3) is 43.8 Å². The van der Waals surface area contributed by atoms with E-state index in [4.69, 9.17) is 4.74 Å². The van der Waals surface area contributed by atoms with Gasteiger partial charge < -0.3 is 9.64 Å². The molecular weight excluding hydrogens is 655 g/mol. The van der Waals surface area contributed by atoms with Crippen LogP contribution in [0, 0.1) is 13.8 Å². The molecule has 7 aromatic carbocycles. The van der Waals surface area contributed by atoms with Gasteiger partial charge in [0.1, 0.15) is 0 Å². The fourth-order valence-electron chi connectivity index (χ4n) is 8.60. The van der Waals surface area contributed by atoms with Gasteiger partial charge in [-0.25, -0.2) is 0 Å². The molecular formula is C52H53NO. The summed E-state index contributed by atoms with van der Waals surface area (Å²) in [5.41, 5.74) is 16.3. The van der Waals surface area contributed by atoms with Crippen LogP contribution < -0.4 is 9.64 Å². The quantitative estimate of drug-likeness (QED) is 0.163. The van der Waals surface area contributed by atoms with Crippen molar-refractivity contribution in [2.75, 3.05) is 4.90 Å². The van der Waals surface area contributed by atoms with E-state index in [0.717, 1.165) is 22.9 Å². The van der Waals surface area contributed by atoms with Crippen molar-refractivity contribution in [3.63, 3.8) is 0 Å². The van der Waals surface area contributed by atoms with Gasteiger partial charge in [-0.3, -0.25) is 0 Å². The Hall–Kier alpha value is -5.34. The lowest BCUT2D eigenvalue weighted by molar-refractivity contribution is 0.475. The molecule has 2 nitrogen and oxygen atoms in total. The molecule has 0 spiro atoms. The molecule has 0 N–H and O–H groups in total. The molecule has 272 valence electrons. The van der Waals surface area contributed by atoms with Crippen molar-refractivity contribution in [1.29, 1.82) is 0 Å². The van der Waals surface area contributed by atoms with Gasteiger partial charge in [-0.1, -0.05) is 134 Å². The third-order valence-electron chi connectivity index (χ3n) is 11.5. The Labute approximate surface area is 322 Å². The van der Waals surface area contributed by atoms with E-state index in [1.807, 2.05) is 0 Å². The Kier molecular flexibility index (Phi) is 9.13. The van der Waals surface area contributed by atoms with E-state index in [2.05, 4.69) is 189 Å². The van der Waals surface area contributed by atoms with Gasteiger partial charge in [-0.05, 0) is 152 Å². The van der Waals surface area contributed by atoms with Crippen LogP contribution in [0.3, 0.4) is 0 Å². The topological polar surface area (TPSA) is 12.5 Å². The molecule has 54 heavy (non-hydrogen) atoms. The molecule has 7 aromatic rings. The first-order valence-electron chi connectivity index (χ1n) is 19.9. The molecule has 0 radical (unpaired) electrons. The van der Waals surface area contributed by atoms with Crippen LogP contribution in [0.1, 0.15) is 112 Å². The standard InChI is InChI=1S/C52H53NO/c1-30(2)40-22-36-15-11-13-17-38(36)24-44(40)46-26-49-51(28-42(46)32(5)6)54-52-29-43(33(7)8)47(27-50(52)53(49)48-20-19-34(9)21-35(48)10)45-25-39-18-14-12-16-37(39)23-41(45)31(3)4/h11-33H,1-10H3. The summed E-state index contributed by atoms with van der Waals surface area (Å²) in [5, 5.41) is 5.09. The smallest absolute Gasteiger partial charge is 0.151 e. The molecule has 0 saturated heterocycles. The monoisotopic (exact) mass is 707 g/mol. The second-order valence-corrected chi connectivity index (χ2v) is 16.7. The highest BCUT2D eigenvalue weighted by Crippen LogP contribution is 2.56. The molecule has 0 saturated carbocycles. The van der Waals surface area contributed by atoms with E-state index >= 15 is 0 Å². The van der Waals surface area contributed by atoms with Crippen LogP contribution in [-0.2, 0) is 0 Å². The van der Waals surface area contributed by atoms with E-state index in [0.29, 0.717) is 23.7 Å². The minimum absolute atomic E-state index is 0.298. The average Bonchev–Trinajstić information content (AvgIpc) is 3.15. The molecule has 0 amide bonds. The summed E-state index contributed by atoms with van der Waals surface area (Å²) < 4.78 is 7.11. The van der Waals surface area contributed by atoms with Gasteiger partial charge in [0.15, 0.2) is 11.5 Å². The summed E-state index contributed by atoms with van der Waals surface area (Å²) in [4.78, 5) is 2.48. The predicted octanol–water partition coefficient (Wildman–Crippen LogP) is 16.0. The third kappa shape index (κ3) is 6.16. The lowest BCUT2D eigenvalue weighted by Gasteiger charge is -2.36. The van der Waals surface area contributed by atoms with Gasteiger partial charge in [0, 0.05) is 5.69 Å². The molecule has 0 atom stereocenters. The Morgan fingerprint density at radius 3 is 1.15 bits per heavy atom. The summed E-state index contributed by atoms with van der Waals surface area (Å²) in [6.45, 7) is 22.9. The molecule has 2 heteroatoms. The molecule has 1 heterocycles. The van der Waals surface area contributed by atoms with Crippen molar-refractivity contribution >= 4 is 38.6 Å². The SMILES string of the molecule is Cc1ccc(N2c3cc(-c4cc5ccccc5cc4C(C)C)c(C(C)C)cc3Oc3cc(C(C)C)c(-c4cc5ccccc5cc4C(C)C)cc32)c(C)c1. The molecule has 0 fully saturated rings. The number of rotatable bonds is 7. The average molecular weight is 708 g/mol. The van der Waals surface area contributed by atoms with Crippen LogP contribution in [0.5, 0.6) is 11.5 Å². The van der Waals surface area contributed by atoms with E-state index in [-0.39, 0.29) is 0 Å². The molecule has 1 aliphatic rings. The summed E-state index contributed by atoms with van der Waals surface area (Å²) in [5.74, 6) is 3.12. The zero-order valence-electron chi connectivity index (χ0n) is 33.6. The molecule has 8 rings (SSSR count). The number of hydrogen-bond acceptors (Lipinski definition) is 2. The Bertz CT molecular complexity index is 2420. The summed E-state index contributed by atoms with van der Waals surface area (Å²) in [6, 6.07) is 43.5. The second kappa shape index (κ2) is 13.8. The zero-order valence-corrected chi connectivity index (χ0v) is 33.6. The Balaban J connectivity index is 1.44.